The molecule has 4 nitrogen and oxygen atoms in total. The topological polar surface area (TPSA) is 50.4 Å². The van der Waals surface area contributed by atoms with Crippen molar-refractivity contribution in [2.75, 3.05) is 13.1 Å². The Morgan fingerprint density at radius 3 is 2.45 bits per heavy atom. The van der Waals surface area contributed by atoms with Crippen LogP contribution in [0.1, 0.15) is 58.3 Å². The molecule has 5 heteroatoms. The minimum atomic E-state index is -0.315. The Morgan fingerprint density at radius 1 is 1.15 bits per heavy atom. The van der Waals surface area contributed by atoms with Crippen molar-refractivity contribution in [2.45, 2.75) is 76.5 Å². The fourth-order valence-corrected chi connectivity index (χ4v) is 3.02. The molecule has 0 aromatic heterocycles. The number of amides is 1. The Morgan fingerprint density at radius 2 is 1.85 bits per heavy atom. The van der Waals surface area contributed by atoms with Gasteiger partial charge < -0.3 is 15.4 Å². The maximum Gasteiger partial charge on any atom is 0.249 e. The van der Waals surface area contributed by atoms with Crippen LogP contribution in [-0.4, -0.2) is 37.2 Å². The Bertz CT molecular complexity index is 275. The number of carbonyl (C=O) groups excluding carboxylic acids is 1. The number of hydrogen-bond acceptors (Lipinski definition) is 3. The zero-order valence-corrected chi connectivity index (χ0v) is 13.3. The van der Waals surface area contributed by atoms with Gasteiger partial charge in [-0.25, -0.2) is 0 Å². The summed E-state index contributed by atoms with van der Waals surface area (Å²) in [4.78, 5) is 12.1. The number of rotatable bonds is 4. The van der Waals surface area contributed by atoms with E-state index in [4.69, 9.17) is 4.74 Å². The first-order chi connectivity index (χ1) is 9.25. The molecule has 1 aliphatic heterocycles. The van der Waals surface area contributed by atoms with Gasteiger partial charge in [0.2, 0.25) is 5.91 Å². The normalized spacial score (nSPS) is 26.1. The molecular weight excluding hydrogens is 276 g/mol. The molecule has 0 aromatic carbocycles. The predicted octanol–water partition coefficient (Wildman–Crippen LogP) is 2.40. The molecule has 2 atom stereocenters. The summed E-state index contributed by atoms with van der Waals surface area (Å²) in [6.45, 7) is 3.85. The summed E-state index contributed by atoms with van der Waals surface area (Å²) in [6.07, 6.45) is 9.53. The van der Waals surface area contributed by atoms with Crippen LogP contribution in [-0.2, 0) is 9.53 Å². The van der Waals surface area contributed by atoms with Gasteiger partial charge in [0.25, 0.3) is 0 Å². The predicted molar refractivity (Wildman–Crippen MR) is 83.3 cm³/mol. The molecule has 0 bridgehead atoms. The molecule has 1 unspecified atom stereocenters. The Balaban J connectivity index is 0.00000200. The zero-order valence-electron chi connectivity index (χ0n) is 12.5. The maximum absolute atomic E-state index is 12.1. The summed E-state index contributed by atoms with van der Waals surface area (Å²) in [5, 5.41) is 6.41. The van der Waals surface area contributed by atoms with Crippen LogP contribution in [0.5, 0.6) is 0 Å². The standard InChI is InChI=1S/C15H28N2O2.ClH/c1-12(19-14-8-4-2-3-5-9-14)15(18)17-13-7-6-10-16-11-13;/h12-14,16H,2-11H2,1H3,(H,17,18);1H/t12?,13-;/m0./s1. The van der Waals surface area contributed by atoms with Crippen molar-refractivity contribution in [3.05, 3.63) is 0 Å². The third-order valence-corrected chi connectivity index (χ3v) is 4.21. The smallest absolute Gasteiger partial charge is 0.249 e. The lowest BCUT2D eigenvalue weighted by Gasteiger charge is -2.26. The van der Waals surface area contributed by atoms with Crippen LogP contribution in [0.15, 0.2) is 0 Å². The van der Waals surface area contributed by atoms with Gasteiger partial charge in [-0.15, -0.1) is 12.4 Å². The van der Waals surface area contributed by atoms with Crippen molar-refractivity contribution in [2.24, 2.45) is 0 Å². The fourth-order valence-electron chi connectivity index (χ4n) is 3.02. The first-order valence-corrected chi connectivity index (χ1v) is 7.92. The lowest BCUT2D eigenvalue weighted by atomic mass is 10.1. The fraction of sp³-hybridized carbons (Fsp3) is 0.933. The summed E-state index contributed by atoms with van der Waals surface area (Å²) in [7, 11) is 0. The number of piperidine rings is 1. The molecule has 2 N–H and O–H groups in total. The average molecular weight is 305 g/mol. The first-order valence-electron chi connectivity index (χ1n) is 7.92. The summed E-state index contributed by atoms with van der Waals surface area (Å²) < 4.78 is 5.94. The van der Waals surface area contributed by atoms with Crippen LogP contribution in [0.25, 0.3) is 0 Å². The highest BCUT2D eigenvalue weighted by Gasteiger charge is 2.23. The average Bonchev–Trinajstić information content (AvgIpc) is 2.68. The lowest BCUT2D eigenvalue weighted by Crippen LogP contribution is -2.49. The second-order valence-electron chi connectivity index (χ2n) is 5.94. The summed E-state index contributed by atoms with van der Waals surface area (Å²) >= 11 is 0. The van der Waals surface area contributed by atoms with E-state index in [0.717, 1.165) is 38.8 Å². The van der Waals surface area contributed by atoms with Gasteiger partial charge in [0.05, 0.1) is 6.10 Å². The molecule has 118 valence electrons. The van der Waals surface area contributed by atoms with E-state index in [2.05, 4.69) is 10.6 Å². The van der Waals surface area contributed by atoms with Crippen molar-refractivity contribution in [1.29, 1.82) is 0 Å². The van der Waals surface area contributed by atoms with Crippen molar-refractivity contribution in [3.8, 4) is 0 Å². The molecule has 2 rings (SSSR count). The largest absolute Gasteiger partial charge is 0.365 e. The van der Waals surface area contributed by atoms with Crippen LogP contribution >= 0.6 is 12.4 Å². The number of hydrogen-bond donors (Lipinski definition) is 2. The number of ether oxygens (including phenoxy) is 1. The van der Waals surface area contributed by atoms with E-state index in [9.17, 15) is 4.79 Å². The summed E-state index contributed by atoms with van der Waals surface area (Å²) in [6, 6.07) is 0.279. The van der Waals surface area contributed by atoms with Crippen molar-refractivity contribution < 1.29 is 9.53 Å². The molecule has 1 saturated carbocycles. The van der Waals surface area contributed by atoms with E-state index >= 15 is 0 Å². The molecule has 2 fully saturated rings. The van der Waals surface area contributed by atoms with Gasteiger partial charge in [-0.3, -0.25) is 4.79 Å². The molecule has 0 aromatic rings. The minimum absolute atomic E-state index is 0. The third-order valence-electron chi connectivity index (χ3n) is 4.21. The van der Waals surface area contributed by atoms with Crippen molar-refractivity contribution >= 4 is 18.3 Å². The number of carbonyl (C=O) groups is 1. The van der Waals surface area contributed by atoms with E-state index in [-0.39, 0.29) is 36.6 Å². The highest BCUT2D eigenvalue weighted by Crippen LogP contribution is 2.21. The number of halogens is 1. The summed E-state index contributed by atoms with van der Waals surface area (Å²) in [5.74, 6) is 0.0537. The molecule has 20 heavy (non-hydrogen) atoms. The van der Waals surface area contributed by atoms with Gasteiger partial charge in [0.15, 0.2) is 0 Å². The van der Waals surface area contributed by atoms with E-state index in [1.165, 1.54) is 25.7 Å². The molecule has 1 aliphatic carbocycles. The second kappa shape index (κ2) is 9.59. The Labute approximate surface area is 128 Å². The van der Waals surface area contributed by atoms with Crippen LogP contribution in [0.3, 0.4) is 0 Å². The minimum Gasteiger partial charge on any atom is -0.365 e. The van der Waals surface area contributed by atoms with E-state index < -0.39 is 0 Å². The Hall–Kier alpha value is -0.320. The highest BCUT2D eigenvalue weighted by atomic mass is 35.5. The first kappa shape index (κ1) is 17.7. The van der Waals surface area contributed by atoms with E-state index in [0.29, 0.717) is 0 Å². The highest BCUT2D eigenvalue weighted by molar-refractivity contribution is 5.85. The van der Waals surface area contributed by atoms with Crippen LogP contribution in [0.4, 0.5) is 0 Å². The quantitative estimate of drug-likeness (QED) is 0.784. The molecule has 0 spiro atoms. The van der Waals surface area contributed by atoms with E-state index in [1.807, 2.05) is 6.92 Å². The van der Waals surface area contributed by atoms with Crippen LogP contribution < -0.4 is 10.6 Å². The second-order valence-corrected chi connectivity index (χ2v) is 5.94. The van der Waals surface area contributed by atoms with Gasteiger partial charge in [-0.05, 0) is 39.2 Å². The molecule has 2 aliphatic rings. The maximum atomic E-state index is 12.1. The van der Waals surface area contributed by atoms with E-state index in [1.54, 1.807) is 0 Å². The van der Waals surface area contributed by atoms with Gasteiger partial charge in [0.1, 0.15) is 6.10 Å². The van der Waals surface area contributed by atoms with Gasteiger partial charge >= 0.3 is 0 Å². The lowest BCUT2D eigenvalue weighted by molar-refractivity contribution is -0.136. The van der Waals surface area contributed by atoms with Crippen molar-refractivity contribution in [3.63, 3.8) is 0 Å². The monoisotopic (exact) mass is 304 g/mol. The van der Waals surface area contributed by atoms with Crippen LogP contribution in [0, 0.1) is 0 Å². The molecule has 1 amide bonds. The molecular formula is C15H29ClN2O2. The third kappa shape index (κ3) is 5.98. The SMILES string of the molecule is CC(OC1CCCCCC1)C(=O)N[C@H]1CCCNC1.Cl. The molecule has 1 heterocycles. The van der Waals surface area contributed by atoms with Gasteiger partial charge in [0, 0.05) is 12.6 Å². The van der Waals surface area contributed by atoms with Gasteiger partial charge in [-0.1, -0.05) is 25.7 Å². The van der Waals surface area contributed by atoms with Crippen molar-refractivity contribution in [1.82, 2.24) is 10.6 Å². The summed E-state index contributed by atoms with van der Waals surface area (Å²) in [5.41, 5.74) is 0. The zero-order chi connectivity index (χ0) is 13.5. The molecule has 1 saturated heterocycles. The number of nitrogens with one attached hydrogen (secondary N) is 2. The Kier molecular flexibility index (Phi) is 8.50. The van der Waals surface area contributed by atoms with Gasteiger partial charge in [-0.2, -0.15) is 0 Å². The molecule has 0 radical (unpaired) electrons. The van der Waals surface area contributed by atoms with Crippen LogP contribution in [0.2, 0.25) is 0 Å².